The summed E-state index contributed by atoms with van der Waals surface area (Å²) in [7, 11) is 0. The summed E-state index contributed by atoms with van der Waals surface area (Å²) >= 11 is 6.80. The Bertz CT molecular complexity index is 757. The average molecular weight is 406 g/mol. The van der Waals surface area contributed by atoms with E-state index in [0.29, 0.717) is 5.69 Å². The highest BCUT2D eigenvalue weighted by Gasteiger charge is 2.05. The number of halogens is 2. The Morgan fingerprint density at radius 3 is 1.90 bits per heavy atom. The lowest BCUT2D eigenvalue weighted by molar-refractivity contribution is 1.09. The fourth-order valence-electron chi connectivity index (χ4n) is 2.01. The average Bonchev–Trinajstić information content (AvgIpc) is 2.48. The first-order valence-electron chi connectivity index (χ1n) is 6.25. The highest BCUT2D eigenvalue weighted by Crippen LogP contribution is 2.24. The summed E-state index contributed by atoms with van der Waals surface area (Å²) in [4.78, 5) is 18.6. The van der Waals surface area contributed by atoms with E-state index >= 15 is 0 Å². The first-order valence-corrected chi connectivity index (χ1v) is 7.84. The molecule has 3 nitrogen and oxygen atoms in total. The predicted molar refractivity (Wildman–Crippen MR) is 91.1 cm³/mol. The number of nitrogens with one attached hydrogen (secondary N) is 1. The molecule has 0 saturated heterocycles. The van der Waals surface area contributed by atoms with E-state index in [1.54, 1.807) is 0 Å². The van der Waals surface area contributed by atoms with Crippen molar-refractivity contribution in [1.29, 1.82) is 0 Å². The predicted octanol–water partition coefficient (Wildman–Crippen LogP) is 4.63. The van der Waals surface area contributed by atoms with Gasteiger partial charge in [0.1, 0.15) is 0 Å². The standard InChI is InChI=1S/C16H10Br2N2O/c17-12-5-1-10(2-6-12)14-9-15(20-16(21)19-14)11-3-7-13(18)8-4-11/h1-9H,(H,19,20,21). The van der Waals surface area contributed by atoms with Crippen LogP contribution in [-0.2, 0) is 0 Å². The minimum Gasteiger partial charge on any atom is -0.305 e. The number of rotatable bonds is 2. The quantitative estimate of drug-likeness (QED) is 0.675. The van der Waals surface area contributed by atoms with Crippen LogP contribution in [0.5, 0.6) is 0 Å². The van der Waals surface area contributed by atoms with Crippen LogP contribution in [0.15, 0.2) is 68.3 Å². The third-order valence-corrected chi connectivity index (χ3v) is 4.10. The Morgan fingerprint density at radius 2 is 1.33 bits per heavy atom. The van der Waals surface area contributed by atoms with Crippen LogP contribution in [0, 0.1) is 0 Å². The van der Waals surface area contributed by atoms with E-state index in [1.807, 2.05) is 54.6 Å². The Labute approximate surface area is 138 Å². The van der Waals surface area contributed by atoms with Gasteiger partial charge in [0, 0.05) is 14.5 Å². The molecule has 2 aromatic carbocycles. The Hall–Kier alpha value is -1.72. The largest absolute Gasteiger partial charge is 0.345 e. The monoisotopic (exact) mass is 404 g/mol. The molecule has 0 aliphatic heterocycles. The van der Waals surface area contributed by atoms with Crippen molar-refractivity contribution >= 4 is 31.9 Å². The van der Waals surface area contributed by atoms with Crippen LogP contribution in [0.3, 0.4) is 0 Å². The smallest absolute Gasteiger partial charge is 0.305 e. The van der Waals surface area contributed by atoms with Crippen molar-refractivity contribution in [1.82, 2.24) is 9.97 Å². The summed E-state index contributed by atoms with van der Waals surface area (Å²) in [6.07, 6.45) is 0. The fourth-order valence-corrected chi connectivity index (χ4v) is 2.54. The second kappa shape index (κ2) is 5.95. The molecule has 3 aromatic rings. The van der Waals surface area contributed by atoms with Crippen LogP contribution in [0.4, 0.5) is 0 Å². The van der Waals surface area contributed by atoms with Crippen molar-refractivity contribution in [3.05, 3.63) is 74.0 Å². The number of hydrogen-bond donors (Lipinski definition) is 1. The number of hydrogen-bond acceptors (Lipinski definition) is 2. The molecule has 0 unspecified atom stereocenters. The van der Waals surface area contributed by atoms with Crippen molar-refractivity contribution < 1.29 is 0 Å². The molecule has 3 rings (SSSR count). The zero-order valence-electron chi connectivity index (χ0n) is 10.8. The van der Waals surface area contributed by atoms with E-state index in [2.05, 4.69) is 41.8 Å². The molecule has 21 heavy (non-hydrogen) atoms. The molecule has 0 aliphatic rings. The first kappa shape index (κ1) is 14.2. The first-order chi connectivity index (χ1) is 10.1. The summed E-state index contributed by atoms with van der Waals surface area (Å²) in [6.45, 7) is 0. The summed E-state index contributed by atoms with van der Waals surface area (Å²) in [5.41, 5.74) is 2.90. The minimum absolute atomic E-state index is 0.353. The van der Waals surface area contributed by atoms with Crippen LogP contribution in [0.2, 0.25) is 0 Å². The molecule has 0 bridgehead atoms. The molecule has 0 saturated carbocycles. The van der Waals surface area contributed by atoms with E-state index in [9.17, 15) is 4.79 Å². The molecule has 0 fully saturated rings. The number of nitrogens with zero attached hydrogens (tertiary/aromatic N) is 1. The molecule has 1 aromatic heterocycles. The van der Waals surface area contributed by atoms with Crippen molar-refractivity contribution in [2.75, 3.05) is 0 Å². The van der Waals surface area contributed by atoms with Crippen molar-refractivity contribution in [3.63, 3.8) is 0 Å². The van der Waals surface area contributed by atoms with Gasteiger partial charge in [0.25, 0.3) is 0 Å². The lowest BCUT2D eigenvalue weighted by Crippen LogP contribution is -2.11. The van der Waals surface area contributed by atoms with E-state index in [0.717, 1.165) is 25.8 Å². The van der Waals surface area contributed by atoms with Crippen molar-refractivity contribution in [2.24, 2.45) is 0 Å². The zero-order valence-corrected chi connectivity index (χ0v) is 14.0. The molecular weight excluding hydrogens is 396 g/mol. The van der Waals surface area contributed by atoms with E-state index in [-0.39, 0.29) is 5.69 Å². The van der Waals surface area contributed by atoms with Crippen LogP contribution >= 0.6 is 31.9 Å². The highest BCUT2D eigenvalue weighted by atomic mass is 79.9. The van der Waals surface area contributed by atoms with Crippen LogP contribution in [0.25, 0.3) is 22.5 Å². The van der Waals surface area contributed by atoms with Gasteiger partial charge < -0.3 is 4.98 Å². The lowest BCUT2D eigenvalue weighted by Gasteiger charge is -2.05. The summed E-state index contributed by atoms with van der Waals surface area (Å²) in [5.74, 6) is 0. The molecule has 0 spiro atoms. The van der Waals surface area contributed by atoms with Gasteiger partial charge in [0.05, 0.1) is 11.4 Å². The molecule has 0 radical (unpaired) electrons. The number of H-pyrrole nitrogens is 1. The molecule has 5 heteroatoms. The maximum Gasteiger partial charge on any atom is 0.345 e. The lowest BCUT2D eigenvalue weighted by atomic mass is 10.1. The highest BCUT2D eigenvalue weighted by molar-refractivity contribution is 9.10. The fraction of sp³-hybridized carbons (Fsp3) is 0. The maximum absolute atomic E-state index is 11.8. The van der Waals surface area contributed by atoms with Gasteiger partial charge in [-0.15, -0.1) is 0 Å². The summed E-state index contributed by atoms with van der Waals surface area (Å²) < 4.78 is 1.99. The van der Waals surface area contributed by atoms with Crippen LogP contribution in [-0.4, -0.2) is 9.97 Å². The van der Waals surface area contributed by atoms with Gasteiger partial charge in [-0.1, -0.05) is 56.1 Å². The van der Waals surface area contributed by atoms with Crippen LogP contribution < -0.4 is 5.69 Å². The molecular formula is C16H10Br2N2O. The van der Waals surface area contributed by atoms with Crippen molar-refractivity contribution in [3.8, 4) is 22.5 Å². The third-order valence-electron chi connectivity index (χ3n) is 3.04. The zero-order chi connectivity index (χ0) is 14.8. The van der Waals surface area contributed by atoms with Crippen molar-refractivity contribution in [2.45, 2.75) is 0 Å². The molecule has 0 amide bonds. The number of aromatic amines is 1. The summed E-state index contributed by atoms with van der Waals surface area (Å²) in [6, 6.07) is 17.4. The van der Waals surface area contributed by atoms with Gasteiger partial charge in [-0.05, 0) is 35.9 Å². The second-order valence-electron chi connectivity index (χ2n) is 4.50. The molecule has 1 N–H and O–H groups in total. The number of benzene rings is 2. The Morgan fingerprint density at radius 1 is 0.810 bits per heavy atom. The van der Waals surface area contributed by atoms with Gasteiger partial charge in [-0.25, -0.2) is 4.79 Å². The summed E-state index contributed by atoms with van der Waals surface area (Å²) in [5, 5.41) is 0. The van der Waals surface area contributed by atoms with E-state index < -0.39 is 0 Å². The van der Waals surface area contributed by atoms with E-state index in [1.165, 1.54) is 0 Å². The Kier molecular flexibility index (Phi) is 4.03. The molecule has 1 heterocycles. The normalized spacial score (nSPS) is 10.6. The maximum atomic E-state index is 11.8. The van der Waals surface area contributed by atoms with E-state index in [4.69, 9.17) is 0 Å². The minimum atomic E-state index is -0.353. The van der Waals surface area contributed by atoms with Gasteiger partial charge in [-0.2, -0.15) is 4.98 Å². The Balaban J connectivity index is 2.10. The third kappa shape index (κ3) is 3.31. The number of aromatic nitrogens is 2. The second-order valence-corrected chi connectivity index (χ2v) is 6.33. The molecule has 104 valence electrons. The topological polar surface area (TPSA) is 45.8 Å². The van der Waals surface area contributed by atoms with Gasteiger partial charge >= 0.3 is 5.69 Å². The van der Waals surface area contributed by atoms with Gasteiger partial charge in [0.15, 0.2) is 0 Å². The molecule has 0 atom stereocenters. The van der Waals surface area contributed by atoms with Crippen LogP contribution in [0.1, 0.15) is 0 Å². The van der Waals surface area contributed by atoms with Gasteiger partial charge in [-0.3, -0.25) is 0 Å². The molecule has 0 aliphatic carbocycles. The SMILES string of the molecule is O=c1nc(-c2ccc(Br)cc2)cc(-c2ccc(Br)cc2)[nH]1. The van der Waals surface area contributed by atoms with Gasteiger partial charge in [0.2, 0.25) is 0 Å².